The molecule has 0 amide bonds. The molecule has 0 aromatic heterocycles. The largest absolute Gasteiger partial charge is 0.394 e. The summed E-state index contributed by atoms with van der Waals surface area (Å²) in [6, 6.07) is 0. The molecule has 2 atom stereocenters. The molecule has 0 bridgehead atoms. The van der Waals surface area contributed by atoms with E-state index in [2.05, 4.69) is 65.2 Å². The van der Waals surface area contributed by atoms with E-state index in [1.165, 1.54) is 161 Å². The number of aliphatic hydroxyl groups excluding tert-OH is 1. The van der Waals surface area contributed by atoms with Crippen LogP contribution in [0.4, 0.5) is 0 Å². The highest BCUT2D eigenvalue weighted by Gasteiger charge is 2.27. The minimum atomic E-state index is -4.07. The number of nitrogens with zero attached hydrogens (tertiary/aromatic N) is 2. The fourth-order valence-electron chi connectivity index (χ4n) is 7.01. The van der Waals surface area contributed by atoms with Crippen LogP contribution in [0.1, 0.15) is 229 Å². The molecule has 8 nitrogen and oxygen atoms in total. The van der Waals surface area contributed by atoms with E-state index in [1.807, 2.05) is 0 Å². The lowest BCUT2D eigenvalue weighted by molar-refractivity contribution is -0.0437. The van der Waals surface area contributed by atoms with Gasteiger partial charge in [0.1, 0.15) is 6.10 Å². The summed E-state index contributed by atoms with van der Waals surface area (Å²) in [7, 11) is -4.07. The molecule has 0 saturated heterocycles. The monoisotopic (exact) mass is 823 g/mol. The molecule has 0 aliphatic heterocycles. The first-order valence-electron chi connectivity index (χ1n) is 24.4. The minimum absolute atomic E-state index is 0.0670. The van der Waals surface area contributed by atoms with Gasteiger partial charge in [0.25, 0.3) is 0 Å². The highest BCUT2D eigenvalue weighted by atomic mass is 31.2. The van der Waals surface area contributed by atoms with E-state index in [1.54, 1.807) is 0 Å². The lowest BCUT2D eigenvalue weighted by Gasteiger charge is -2.19. The van der Waals surface area contributed by atoms with Crippen molar-refractivity contribution in [2.75, 3.05) is 65.7 Å². The molecule has 0 aromatic rings. The van der Waals surface area contributed by atoms with Gasteiger partial charge in [-0.25, -0.2) is 0 Å². The van der Waals surface area contributed by atoms with Crippen LogP contribution in [-0.2, 0) is 14.0 Å². The van der Waals surface area contributed by atoms with Crippen molar-refractivity contribution in [3.63, 3.8) is 0 Å². The molecule has 342 valence electrons. The van der Waals surface area contributed by atoms with Gasteiger partial charge in [0.15, 0.2) is 0 Å². The fraction of sp³-hybridized carbons (Fsp3) is 1.00. The van der Waals surface area contributed by atoms with Gasteiger partial charge in [0, 0.05) is 13.2 Å². The maximum absolute atomic E-state index is 12.0. The highest BCUT2D eigenvalue weighted by molar-refractivity contribution is 7.52. The zero-order valence-electron chi connectivity index (χ0n) is 39.2. The maximum atomic E-state index is 12.0. The first kappa shape index (κ1) is 60.3. The van der Waals surface area contributed by atoms with Crippen LogP contribution in [0.5, 0.6) is 0 Å². The summed E-state index contributed by atoms with van der Waals surface area (Å²) >= 11 is 0. The predicted molar refractivity (Wildman–Crippen MR) is 246 cm³/mol. The van der Waals surface area contributed by atoms with Crippen molar-refractivity contribution >= 4 is 7.60 Å². The Morgan fingerprint density at radius 2 is 0.750 bits per heavy atom. The third-order valence-electron chi connectivity index (χ3n) is 11.2. The molecule has 0 radical (unpaired) electrons. The molecular formula is C47H103N2O6P. The van der Waals surface area contributed by atoms with Crippen molar-refractivity contribution in [1.82, 2.24) is 9.80 Å². The van der Waals surface area contributed by atoms with Gasteiger partial charge >= 0.3 is 7.60 Å². The molecule has 0 rings (SSSR count). The topological polar surface area (TPSA) is 103 Å². The summed E-state index contributed by atoms with van der Waals surface area (Å²) in [5.74, 6) is 0. The molecule has 3 N–H and O–H groups in total. The normalized spacial score (nSPS) is 12.7. The molecule has 0 aromatic carbocycles. The van der Waals surface area contributed by atoms with Gasteiger partial charge in [-0.05, 0) is 65.0 Å². The summed E-state index contributed by atoms with van der Waals surface area (Å²) < 4.78 is 23.5. The van der Waals surface area contributed by atoms with Crippen LogP contribution in [0, 0.1) is 0 Å². The molecule has 0 saturated carbocycles. The second kappa shape index (κ2) is 49.3. The van der Waals surface area contributed by atoms with Gasteiger partial charge in [0.05, 0.1) is 18.9 Å². The van der Waals surface area contributed by atoms with Crippen LogP contribution in [0.3, 0.4) is 0 Å². The average Bonchev–Trinajstić information content (AvgIpc) is 3.19. The molecule has 0 aliphatic carbocycles. The molecule has 9 heteroatoms. The minimum Gasteiger partial charge on any atom is -0.394 e. The number of rotatable bonds is 41. The molecule has 0 fully saturated rings. The Morgan fingerprint density at radius 3 is 1.05 bits per heavy atom. The molecular weight excluding hydrogens is 719 g/mol. The van der Waals surface area contributed by atoms with Crippen molar-refractivity contribution in [1.29, 1.82) is 0 Å². The third-order valence-corrected chi connectivity index (χ3v) is 12.7. The Morgan fingerprint density at radius 1 is 0.446 bits per heavy atom. The van der Waals surface area contributed by atoms with E-state index in [4.69, 9.17) is 9.47 Å². The second-order valence-electron chi connectivity index (χ2n) is 15.9. The van der Waals surface area contributed by atoms with Gasteiger partial charge in [0.2, 0.25) is 0 Å². The Bertz CT molecular complexity index is 727. The number of unbranched alkanes of at least 4 members (excludes halogenated alkanes) is 22. The van der Waals surface area contributed by atoms with E-state index >= 15 is 0 Å². The highest BCUT2D eigenvalue weighted by Crippen LogP contribution is 2.46. The summed E-state index contributed by atoms with van der Waals surface area (Å²) in [5.41, 5.74) is -0.538. The van der Waals surface area contributed by atoms with Crippen molar-refractivity contribution in [3.05, 3.63) is 0 Å². The Kier molecular flexibility index (Phi) is 53.1. The lowest BCUT2D eigenvalue weighted by atomic mass is 10.0. The Balaban J connectivity index is -0.00000168. The fourth-order valence-corrected chi connectivity index (χ4v) is 8.05. The van der Waals surface area contributed by atoms with Crippen LogP contribution in [0.25, 0.3) is 0 Å². The zero-order chi connectivity index (χ0) is 42.4. The Labute approximate surface area is 351 Å². The van der Waals surface area contributed by atoms with E-state index in [0.29, 0.717) is 32.7 Å². The zero-order valence-corrected chi connectivity index (χ0v) is 40.1. The average molecular weight is 823 g/mol. The van der Waals surface area contributed by atoms with Gasteiger partial charge in [-0.2, -0.15) is 0 Å². The SMILES string of the molecule is CCCCCCCCCCCCCCCCOCC(CO)OCCCCC(CCCCCCCCCCC)P(=O)(O)O.CCN(CC)CC.CCN(CC)CC. The van der Waals surface area contributed by atoms with Gasteiger partial charge in [-0.3, -0.25) is 4.57 Å². The van der Waals surface area contributed by atoms with Crippen LogP contribution in [0.2, 0.25) is 0 Å². The summed E-state index contributed by atoms with van der Waals surface area (Å²) in [6.45, 7) is 26.3. The van der Waals surface area contributed by atoms with E-state index in [0.717, 1.165) is 38.5 Å². The van der Waals surface area contributed by atoms with Gasteiger partial charge in [-0.1, -0.05) is 203 Å². The number of aliphatic hydroxyl groups is 1. The van der Waals surface area contributed by atoms with Crippen molar-refractivity contribution in [2.45, 2.75) is 241 Å². The molecule has 56 heavy (non-hydrogen) atoms. The summed E-state index contributed by atoms with van der Waals surface area (Å²) in [6.07, 6.45) is 31.9. The maximum Gasteiger partial charge on any atom is 0.328 e. The smallest absolute Gasteiger partial charge is 0.328 e. The van der Waals surface area contributed by atoms with Crippen molar-refractivity contribution in [3.8, 4) is 0 Å². The van der Waals surface area contributed by atoms with Crippen molar-refractivity contribution < 1.29 is 28.9 Å². The number of ether oxygens (including phenoxy) is 2. The van der Waals surface area contributed by atoms with E-state index < -0.39 is 13.3 Å². The number of hydrogen-bond acceptors (Lipinski definition) is 6. The van der Waals surface area contributed by atoms with Crippen LogP contribution >= 0.6 is 7.60 Å². The molecule has 0 aliphatic rings. The van der Waals surface area contributed by atoms with Gasteiger partial charge < -0.3 is 34.2 Å². The second-order valence-corrected chi connectivity index (χ2v) is 17.8. The molecule has 0 heterocycles. The van der Waals surface area contributed by atoms with Crippen molar-refractivity contribution in [2.24, 2.45) is 0 Å². The van der Waals surface area contributed by atoms with Crippen LogP contribution < -0.4 is 0 Å². The Hall–Kier alpha value is -0.0500. The van der Waals surface area contributed by atoms with E-state index in [-0.39, 0.29) is 12.7 Å². The van der Waals surface area contributed by atoms with Crippen LogP contribution in [-0.4, -0.2) is 102 Å². The quantitative estimate of drug-likeness (QED) is 0.0414. The summed E-state index contributed by atoms with van der Waals surface area (Å²) in [4.78, 5) is 24.3. The third kappa shape index (κ3) is 46.6. The first-order chi connectivity index (χ1) is 27.1. The lowest BCUT2D eigenvalue weighted by Crippen LogP contribution is -2.25. The predicted octanol–water partition coefficient (Wildman–Crippen LogP) is 13.2. The first-order valence-corrected chi connectivity index (χ1v) is 26.1. The molecule has 0 spiro atoms. The number of hydrogen-bond donors (Lipinski definition) is 3. The molecule has 2 unspecified atom stereocenters. The summed E-state index contributed by atoms with van der Waals surface area (Å²) in [5, 5.41) is 9.61. The van der Waals surface area contributed by atoms with Crippen LogP contribution in [0.15, 0.2) is 0 Å². The standard InChI is InChI=1S/C35H73O6P.2C6H15N/c1-3-5-7-9-11-13-14-15-16-17-19-21-23-26-30-40-33-34(32-36)41-31-27-25-29-35(42(37,38)39)28-24-22-20-18-12-10-8-6-4-2;2*1-4-7(5-2)6-3/h34-36H,3-33H2,1-2H3,(H2,37,38,39);2*4-6H2,1-3H3. The van der Waals surface area contributed by atoms with E-state index in [9.17, 15) is 19.5 Å². The van der Waals surface area contributed by atoms with Gasteiger partial charge in [-0.15, -0.1) is 0 Å².